The van der Waals surface area contributed by atoms with Gasteiger partial charge in [0.05, 0.1) is 11.4 Å². The molecule has 0 saturated carbocycles. The minimum atomic E-state index is -3.58. The van der Waals surface area contributed by atoms with Crippen molar-refractivity contribution in [3.8, 4) is 0 Å². The molecule has 7 nitrogen and oxygen atoms in total. The first kappa shape index (κ1) is 23.3. The number of thiophene rings is 1. The van der Waals surface area contributed by atoms with Crippen LogP contribution in [0.1, 0.15) is 29.9 Å². The van der Waals surface area contributed by atoms with Gasteiger partial charge in [0.25, 0.3) is 0 Å². The van der Waals surface area contributed by atoms with Crippen molar-refractivity contribution in [2.75, 3.05) is 26.2 Å². The Hall–Kier alpha value is -1.94. The second-order valence-electron chi connectivity index (χ2n) is 7.04. The molecule has 0 amide bonds. The molecule has 9 heteroatoms. The van der Waals surface area contributed by atoms with Crippen LogP contribution in [0.15, 0.2) is 45.6 Å². The summed E-state index contributed by atoms with van der Waals surface area (Å²) in [6.45, 7) is 8.73. The molecule has 1 atom stereocenters. The number of guanidine groups is 1. The van der Waals surface area contributed by atoms with Crippen LogP contribution < -0.4 is 15.4 Å². The summed E-state index contributed by atoms with van der Waals surface area (Å²) in [5.74, 6) is 0.523. The lowest BCUT2D eigenvalue weighted by Gasteiger charge is -2.20. The molecule has 0 aliphatic heterocycles. The van der Waals surface area contributed by atoms with Gasteiger partial charge in [-0.25, -0.2) is 18.1 Å². The third kappa shape index (κ3) is 6.81. The third-order valence-corrected chi connectivity index (χ3v) is 7.01. The molecule has 0 bridgehead atoms. The molecular weight excluding hydrogens is 408 g/mol. The maximum atomic E-state index is 12.5. The van der Waals surface area contributed by atoms with Gasteiger partial charge < -0.3 is 15.7 Å². The Morgan fingerprint density at radius 2 is 1.97 bits per heavy atom. The van der Waals surface area contributed by atoms with Gasteiger partial charge in [0, 0.05) is 24.5 Å². The molecule has 160 valence electrons. The standard InChI is InChI=1S/C20H30N4O3S2/c1-5-21-19(23-14-20(4,25)18-7-6-12-28-18)22-10-11-24-29(26,27)17-13-15(2)8-9-16(17)3/h6-9,12-13,24-25H,5,10-11,14H2,1-4H3,(H2,21,22,23). The minimum Gasteiger partial charge on any atom is -0.383 e. The number of hydrogen-bond donors (Lipinski definition) is 4. The molecule has 0 aliphatic carbocycles. The smallest absolute Gasteiger partial charge is 0.240 e. The van der Waals surface area contributed by atoms with E-state index in [4.69, 9.17) is 0 Å². The highest BCUT2D eigenvalue weighted by atomic mass is 32.2. The van der Waals surface area contributed by atoms with E-state index in [9.17, 15) is 13.5 Å². The molecular formula is C20H30N4O3S2. The zero-order valence-electron chi connectivity index (χ0n) is 17.3. The van der Waals surface area contributed by atoms with Gasteiger partial charge in [0.15, 0.2) is 5.96 Å². The molecule has 2 aromatic rings. The van der Waals surface area contributed by atoms with Gasteiger partial charge >= 0.3 is 0 Å². The van der Waals surface area contributed by atoms with E-state index in [0.717, 1.165) is 10.4 Å². The first-order valence-corrected chi connectivity index (χ1v) is 11.9. The fourth-order valence-corrected chi connectivity index (χ4v) is 4.82. The molecule has 4 N–H and O–H groups in total. The molecule has 0 saturated heterocycles. The first-order chi connectivity index (χ1) is 13.7. The molecule has 1 aromatic heterocycles. The van der Waals surface area contributed by atoms with E-state index in [1.54, 1.807) is 26.0 Å². The summed E-state index contributed by atoms with van der Waals surface area (Å²) in [6.07, 6.45) is 0. The van der Waals surface area contributed by atoms with Crippen molar-refractivity contribution < 1.29 is 13.5 Å². The second-order valence-corrected chi connectivity index (χ2v) is 9.72. The molecule has 29 heavy (non-hydrogen) atoms. The van der Waals surface area contributed by atoms with Gasteiger partial charge in [-0.05, 0) is 56.3 Å². The molecule has 1 heterocycles. The molecule has 1 unspecified atom stereocenters. The summed E-state index contributed by atoms with van der Waals surface area (Å²) in [4.78, 5) is 5.57. The highest BCUT2D eigenvalue weighted by molar-refractivity contribution is 7.89. The van der Waals surface area contributed by atoms with Gasteiger partial charge in [-0.15, -0.1) is 11.3 Å². The molecule has 1 aromatic carbocycles. The number of hydrogen-bond acceptors (Lipinski definition) is 5. The highest BCUT2D eigenvalue weighted by Crippen LogP contribution is 2.25. The normalized spacial score (nSPS) is 14.4. The zero-order valence-corrected chi connectivity index (χ0v) is 19.0. The number of rotatable bonds is 9. The topological polar surface area (TPSA) is 103 Å². The molecule has 0 spiro atoms. The highest BCUT2D eigenvalue weighted by Gasteiger charge is 2.24. The summed E-state index contributed by atoms with van der Waals surface area (Å²) < 4.78 is 27.7. The van der Waals surface area contributed by atoms with Crippen molar-refractivity contribution in [3.05, 3.63) is 51.7 Å². The van der Waals surface area contributed by atoms with Gasteiger partial charge in [-0.3, -0.25) is 0 Å². The number of sulfonamides is 1. The first-order valence-electron chi connectivity index (χ1n) is 9.51. The molecule has 0 aliphatic rings. The van der Waals surface area contributed by atoms with Gasteiger partial charge in [0.1, 0.15) is 5.60 Å². The Bertz CT molecular complexity index is 923. The van der Waals surface area contributed by atoms with Gasteiger partial charge in [0.2, 0.25) is 10.0 Å². The minimum absolute atomic E-state index is 0.192. The van der Waals surface area contributed by atoms with Gasteiger partial charge in [-0.1, -0.05) is 18.2 Å². The van der Waals surface area contributed by atoms with Crippen LogP contribution in [-0.4, -0.2) is 45.7 Å². The van der Waals surface area contributed by atoms with E-state index in [2.05, 4.69) is 20.3 Å². The summed E-state index contributed by atoms with van der Waals surface area (Å²) >= 11 is 1.48. The van der Waals surface area contributed by atoms with Crippen molar-refractivity contribution >= 4 is 27.3 Å². The van der Waals surface area contributed by atoms with Gasteiger partial charge in [-0.2, -0.15) is 0 Å². The monoisotopic (exact) mass is 438 g/mol. The van der Waals surface area contributed by atoms with Crippen LogP contribution in [0, 0.1) is 13.8 Å². The second kappa shape index (κ2) is 10.2. The van der Waals surface area contributed by atoms with E-state index in [1.165, 1.54) is 11.3 Å². The Labute approximate surface area is 177 Å². The van der Waals surface area contributed by atoms with Crippen molar-refractivity contribution in [1.82, 2.24) is 15.4 Å². The summed E-state index contributed by atoms with van der Waals surface area (Å²) in [5.41, 5.74) is 0.552. The van der Waals surface area contributed by atoms with E-state index < -0.39 is 15.6 Å². The molecule has 0 fully saturated rings. The van der Waals surface area contributed by atoms with Crippen LogP contribution in [0.2, 0.25) is 0 Å². The maximum absolute atomic E-state index is 12.5. The molecule has 2 rings (SSSR count). The Balaban J connectivity index is 1.93. The number of benzene rings is 1. The number of aliphatic hydroxyl groups is 1. The number of aryl methyl sites for hydroxylation is 2. The van der Waals surface area contributed by atoms with Crippen LogP contribution in [0.25, 0.3) is 0 Å². The summed E-state index contributed by atoms with van der Waals surface area (Å²) in [6, 6.07) is 9.13. The quantitative estimate of drug-likeness (QED) is 0.273. The van der Waals surface area contributed by atoms with E-state index in [0.29, 0.717) is 29.5 Å². The lowest BCUT2D eigenvalue weighted by molar-refractivity contribution is 0.0711. The number of nitrogens with zero attached hydrogens (tertiary/aromatic N) is 1. The third-order valence-electron chi connectivity index (χ3n) is 4.28. The Morgan fingerprint density at radius 1 is 1.21 bits per heavy atom. The predicted octanol–water partition coefficient (Wildman–Crippen LogP) is 2.11. The van der Waals surface area contributed by atoms with E-state index in [-0.39, 0.29) is 13.1 Å². The zero-order chi connectivity index (χ0) is 21.5. The average molecular weight is 439 g/mol. The maximum Gasteiger partial charge on any atom is 0.240 e. The summed E-state index contributed by atoms with van der Waals surface area (Å²) in [7, 11) is -3.58. The molecule has 0 radical (unpaired) electrons. The van der Waals surface area contributed by atoms with Crippen LogP contribution in [0.3, 0.4) is 0 Å². The van der Waals surface area contributed by atoms with Crippen LogP contribution >= 0.6 is 11.3 Å². The van der Waals surface area contributed by atoms with Crippen molar-refractivity contribution in [3.63, 3.8) is 0 Å². The number of aliphatic imine (C=N–C) groups is 1. The van der Waals surface area contributed by atoms with Crippen LogP contribution in [0.4, 0.5) is 0 Å². The fraction of sp³-hybridized carbons (Fsp3) is 0.450. The fourth-order valence-electron chi connectivity index (χ4n) is 2.68. The predicted molar refractivity (Wildman–Crippen MR) is 119 cm³/mol. The van der Waals surface area contributed by atoms with Crippen LogP contribution in [0.5, 0.6) is 0 Å². The lowest BCUT2D eigenvalue weighted by atomic mass is 10.1. The Kier molecular flexibility index (Phi) is 8.21. The van der Waals surface area contributed by atoms with Crippen molar-refractivity contribution in [2.24, 2.45) is 4.99 Å². The van der Waals surface area contributed by atoms with Crippen LogP contribution in [-0.2, 0) is 15.6 Å². The largest absolute Gasteiger partial charge is 0.383 e. The summed E-state index contributed by atoms with van der Waals surface area (Å²) in [5, 5.41) is 18.7. The van der Waals surface area contributed by atoms with Crippen molar-refractivity contribution in [2.45, 2.75) is 38.2 Å². The van der Waals surface area contributed by atoms with E-state index in [1.807, 2.05) is 37.4 Å². The van der Waals surface area contributed by atoms with Crippen molar-refractivity contribution in [1.29, 1.82) is 0 Å². The number of nitrogens with one attached hydrogen (secondary N) is 3. The van der Waals surface area contributed by atoms with E-state index >= 15 is 0 Å². The SMILES string of the molecule is CCNC(=NCC(C)(O)c1cccs1)NCCNS(=O)(=O)c1cc(C)ccc1C. The average Bonchev–Trinajstić information content (AvgIpc) is 3.21. The Morgan fingerprint density at radius 3 is 2.62 bits per heavy atom. The lowest BCUT2D eigenvalue weighted by Crippen LogP contribution is -2.42.